The van der Waals surface area contributed by atoms with E-state index in [1.165, 1.54) is 21.2 Å². The predicted octanol–water partition coefficient (Wildman–Crippen LogP) is 3.46. The van der Waals surface area contributed by atoms with Gasteiger partial charge in [0.2, 0.25) is 0 Å². The number of hydrogen-bond acceptors (Lipinski definition) is 2. The van der Waals surface area contributed by atoms with Gasteiger partial charge in [0.25, 0.3) is 0 Å². The third-order valence-electron chi connectivity index (χ3n) is 1.80. The molecular formula is C10H11NS. The van der Waals surface area contributed by atoms with Gasteiger partial charge in [0.15, 0.2) is 0 Å². The lowest BCUT2D eigenvalue weighted by Crippen LogP contribution is -1.89. The first kappa shape index (κ1) is 7.74. The van der Waals surface area contributed by atoms with Crippen molar-refractivity contribution in [2.75, 3.05) is 5.32 Å². The molecule has 0 saturated carbocycles. The minimum atomic E-state index is 1.23. The predicted molar refractivity (Wildman–Crippen MR) is 54.3 cm³/mol. The number of para-hydroxylation sites is 1. The lowest BCUT2D eigenvalue weighted by atomic mass is 10.3. The molecule has 0 unspecified atom stereocenters. The molecule has 1 nitrogen and oxygen atoms in total. The maximum absolute atomic E-state index is 3.38. The van der Waals surface area contributed by atoms with Crippen LogP contribution < -0.4 is 5.32 Å². The van der Waals surface area contributed by atoms with Crippen molar-refractivity contribution in [1.82, 2.24) is 0 Å². The molecule has 2 heteroatoms. The van der Waals surface area contributed by atoms with Crippen molar-refractivity contribution in [3.8, 4) is 0 Å². The molecule has 0 radical (unpaired) electrons. The summed E-state index contributed by atoms with van der Waals surface area (Å²) in [5.41, 5.74) is 2.58. The van der Waals surface area contributed by atoms with E-state index in [0.29, 0.717) is 0 Å². The Balaban J connectivity index is 2.40. The normalized spacial score (nSPS) is 14.0. The molecule has 0 aromatic heterocycles. The first-order chi connectivity index (χ1) is 5.77. The topological polar surface area (TPSA) is 12.0 Å². The Bertz CT molecular complexity index is 310. The highest BCUT2D eigenvalue weighted by Crippen LogP contribution is 2.41. The van der Waals surface area contributed by atoms with Gasteiger partial charge in [-0.1, -0.05) is 23.9 Å². The summed E-state index contributed by atoms with van der Waals surface area (Å²) in [6.45, 7) is 4.25. The molecule has 1 aromatic carbocycles. The number of fused-ring (bicyclic) bond motifs is 1. The maximum atomic E-state index is 3.38. The highest BCUT2D eigenvalue weighted by atomic mass is 32.2. The quantitative estimate of drug-likeness (QED) is 0.651. The number of anilines is 1. The second kappa shape index (κ2) is 2.87. The Hall–Kier alpha value is -0.890. The van der Waals surface area contributed by atoms with E-state index in [4.69, 9.17) is 0 Å². The first-order valence-electron chi connectivity index (χ1n) is 3.99. The first-order valence-corrected chi connectivity index (χ1v) is 4.80. The Labute approximate surface area is 76.9 Å². The summed E-state index contributed by atoms with van der Waals surface area (Å²) in [7, 11) is 0. The van der Waals surface area contributed by atoms with Gasteiger partial charge >= 0.3 is 0 Å². The van der Waals surface area contributed by atoms with Gasteiger partial charge in [-0.05, 0) is 31.6 Å². The van der Waals surface area contributed by atoms with E-state index in [2.05, 4.69) is 43.4 Å². The minimum absolute atomic E-state index is 1.23. The average molecular weight is 177 g/mol. The van der Waals surface area contributed by atoms with Crippen molar-refractivity contribution >= 4 is 17.4 Å². The summed E-state index contributed by atoms with van der Waals surface area (Å²) in [5, 5.41) is 4.65. The van der Waals surface area contributed by atoms with E-state index in [0.717, 1.165) is 0 Å². The van der Waals surface area contributed by atoms with Crippen LogP contribution in [0.2, 0.25) is 0 Å². The van der Waals surface area contributed by atoms with Gasteiger partial charge in [0.1, 0.15) is 0 Å². The lowest BCUT2D eigenvalue weighted by Gasteiger charge is -1.98. The fraction of sp³-hybridized carbons (Fsp3) is 0.200. The molecule has 1 aromatic rings. The van der Waals surface area contributed by atoms with E-state index in [9.17, 15) is 0 Å². The van der Waals surface area contributed by atoms with Crippen LogP contribution in [-0.2, 0) is 0 Å². The average Bonchev–Trinajstić information content (AvgIpc) is 2.46. The second-order valence-corrected chi connectivity index (χ2v) is 4.10. The molecule has 12 heavy (non-hydrogen) atoms. The van der Waals surface area contributed by atoms with E-state index < -0.39 is 0 Å². The van der Waals surface area contributed by atoms with Crippen LogP contribution in [0.25, 0.3) is 0 Å². The van der Waals surface area contributed by atoms with Crippen LogP contribution >= 0.6 is 11.8 Å². The molecule has 0 amide bonds. The summed E-state index contributed by atoms with van der Waals surface area (Å²) >= 11 is 1.81. The number of thioether (sulfide) groups is 1. The Morgan fingerprint density at radius 1 is 1.25 bits per heavy atom. The summed E-state index contributed by atoms with van der Waals surface area (Å²) in [6, 6.07) is 8.38. The smallest absolute Gasteiger partial charge is 0.0761 e. The number of benzene rings is 1. The molecule has 0 atom stereocenters. The van der Waals surface area contributed by atoms with E-state index in [1.54, 1.807) is 0 Å². The SMILES string of the molecule is CC(C)=C1Nc2ccccc2S1. The molecule has 1 N–H and O–H groups in total. The third-order valence-corrected chi connectivity index (χ3v) is 3.09. The standard InChI is InChI=1S/C10H11NS/c1-7(2)10-11-8-5-3-4-6-9(8)12-10/h3-6,11H,1-2H3. The summed E-state index contributed by atoms with van der Waals surface area (Å²) in [6.07, 6.45) is 0. The molecule has 1 heterocycles. The monoisotopic (exact) mass is 177 g/mol. The van der Waals surface area contributed by atoms with Crippen LogP contribution in [0, 0.1) is 0 Å². The molecule has 0 bridgehead atoms. The van der Waals surface area contributed by atoms with Crippen LogP contribution in [0.1, 0.15) is 13.8 Å². The third kappa shape index (κ3) is 1.23. The number of allylic oxidation sites excluding steroid dienone is 1. The summed E-state index contributed by atoms with van der Waals surface area (Å²) < 4.78 is 0. The second-order valence-electron chi connectivity index (χ2n) is 3.05. The summed E-state index contributed by atoms with van der Waals surface area (Å²) in [5.74, 6) is 0. The lowest BCUT2D eigenvalue weighted by molar-refractivity contribution is 1.34. The van der Waals surface area contributed by atoms with Gasteiger partial charge < -0.3 is 5.32 Å². The van der Waals surface area contributed by atoms with Crippen LogP contribution in [0.3, 0.4) is 0 Å². The van der Waals surface area contributed by atoms with Crippen molar-refractivity contribution in [2.24, 2.45) is 0 Å². The van der Waals surface area contributed by atoms with Gasteiger partial charge in [0, 0.05) is 4.90 Å². The largest absolute Gasteiger partial charge is 0.349 e. The fourth-order valence-electron chi connectivity index (χ4n) is 1.14. The van der Waals surface area contributed by atoms with Gasteiger partial charge in [-0.2, -0.15) is 0 Å². The molecular weight excluding hydrogens is 166 g/mol. The number of rotatable bonds is 0. The zero-order chi connectivity index (χ0) is 8.55. The molecule has 2 rings (SSSR count). The Morgan fingerprint density at radius 3 is 2.67 bits per heavy atom. The van der Waals surface area contributed by atoms with Crippen LogP contribution in [0.5, 0.6) is 0 Å². The van der Waals surface area contributed by atoms with Crippen molar-refractivity contribution in [2.45, 2.75) is 18.7 Å². The molecule has 0 spiro atoms. The zero-order valence-electron chi connectivity index (χ0n) is 7.22. The van der Waals surface area contributed by atoms with E-state index >= 15 is 0 Å². The zero-order valence-corrected chi connectivity index (χ0v) is 8.03. The number of hydrogen-bond donors (Lipinski definition) is 1. The molecule has 62 valence electrons. The van der Waals surface area contributed by atoms with Gasteiger partial charge in [-0.3, -0.25) is 0 Å². The maximum Gasteiger partial charge on any atom is 0.0761 e. The van der Waals surface area contributed by atoms with Gasteiger partial charge in [-0.15, -0.1) is 0 Å². The molecule has 1 aliphatic heterocycles. The highest BCUT2D eigenvalue weighted by molar-refractivity contribution is 8.03. The molecule has 0 saturated heterocycles. The molecule has 0 fully saturated rings. The highest BCUT2D eigenvalue weighted by Gasteiger charge is 2.14. The van der Waals surface area contributed by atoms with Crippen molar-refractivity contribution < 1.29 is 0 Å². The molecule has 1 aliphatic rings. The summed E-state index contributed by atoms with van der Waals surface area (Å²) in [4.78, 5) is 1.33. The Kier molecular flexibility index (Phi) is 1.85. The van der Waals surface area contributed by atoms with Crippen LogP contribution in [0.4, 0.5) is 5.69 Å². The minimum Gasteiger partial charge on any atom is -0.349 e. The van der Waals surface area contributed by atoms with Crippen LogP contribution in [0.15, 0.2) is 39.8 Å². The fourth-order valence-corrected chi connectivity index (χ4v) is 2.10. The van der Waals surface area contributed by atoms with Crippen molar-refractivity contribution in [1.29, 1.82) is 0 Å². The van der Waals surface area contributed by atoms with Crippen molar-refractivity contribution in [3.63, 3.8) is 0 Å². The van der Waals surface area contributed by atoms with Gasteiger partial charge in [0.05, 0.1) is 10.7 Å². The Morgan fingerprint density at radius 2 is 2.00 bits per heavy atom. The van der Waals surface area contributed by atoms with E-state index in [-0.39, 0.29) is 0 Å². The van der Waals surface area contributed by atoms with Gasteiger partial charge in [-0.25, -0.2) is 0 Å². The van der Waals surface area contributed by atoms with E-state index in [1.807, 2.05) is 11.8 Å². The van der Waals surface area contributed by atoms with Crippen LogP contribution in [-0.4, -0.2) is 0 Å². The number of nitrogens with one attached hydrogen (secondary N) is 1. The molecule has 0 aliphatic carbocycles. The van der Waals surface area contributed by atoms with Crippen molar-refractivity contribution in [3.05, 3.63) is 34.9 Å².